The predicted octanol–water partition coefficient (Wildman–Crippen LogP) is 8.09. The van der Waals surface area contributed by atoms with Crippen LogP contribution >= 0.6 is 23.2 Å². The molecule has 0 bridgehead atoms. The van der Waals surface area contributed by atoms with Crippen LogP contribution in [0.2, 0.25) is 5.02 Å². The second kappa shape index (κ2) is 7.49. The van der Waals surface area contributed by atoms with Gasteiger partial charge in [-0.15, -0.1) is 11.6 Å². The van der Waals surface area contributed by atoms with Crippen LogP contribution in [0.4, 0.5) is 0 Å². The van der Waals surface area contributed by atoms with Crippen LogP contribution in [0.3, 0.4) is 0 Å². The number of hydrogen-bond donors (Lipinski definition) is 0. The molecule has 29 heavy (non-hydrogen) atoms. The van der Waals surface area contributed by atoms with Crippen molar-refractivity contribution >= 4 is 23.2 Å². The fraction of sp³-hybridized carbons (Fsp3) is 0.333. The molecule has 2 heteroatoms. The highest BCUT2D eigenvalue weighted by atomic mass is 35.5. The van der Waals surface area contributed by atoms with Crippen molar-refractivity contribution in [3.05, 3.63) is 106 Å². The Labute approximate surface area is 183 Å². The average Bonchev–Trinajstić information content (AvgIpc) is 3.50. The standard InChI is InChI=1S/C27H26Cl2/c28-25-13-7-6-12-24(25)27(29,21-9-3-1-4-10-21)22-16-14-20(15-17-22)26-18-8-2-5-11-23(26)19-26/h1,3-4,6-7,9-10,12-17,23H,2,5,8,11,18-19H2. The van der Waals surface area contributed by atoms with E-state index in [0.29, 0.717) is 10.4 Å². The van der Waals surface area contributed by atoms with E-state index >= 15 is 0 Å². The van der Waals surface area contributed by atoms with Crippen molar-refractivity contribution in [3.63, 3.8) is 0 Å². The van der Waals surface area contributed by atoms with Gasteiger partial charge in [0, 0.05) is 10.6 Å². The molecule has 2 fully saturated rings. The maximum absolute atomic E-state index is 7.45. The van der Waals surface area contributed by atoms with Crippen molar-refractivity contribution < 1.29 is 0 Å². The molecule has 0 aliphatic heterocycles. The minimum Gasteiger partial charge on any atom is -0.103 e. The lowest BCUT2D eigenvalue weighted by Crippen LogP contribution is -2.23. The normalized spacial score (nSPS) is 25.5. The number of rotatable bonds is 4. The molecule has 2 aliphatic rings. The molecule has 0 aromatic heterocycles. The number of fused-ring (bicyclic) bond motifs is 1. The SMILES string of the molecule is Clc1ccccc1C(Cl)(c1ccccc1)c1ccc(C23CCCCCC2C3)cc1. The van der Waals surface area contributed by atoms with Gasteiger partial charge in [0.2, 0.25) is 0 Å². The number of halogens is 2. The Kier molecular flexibility index (Phi) is 4.96. The molecule has 2 saturated carbocycles. The molecule has 0 saturated heterocycles. The Bertz CT molecular complexity index is 995. The molecule has 0 spiro atoms. The zero-order chi connectivity index (χ0) is 19.9. The predicted molar refractivity (Wildman–Crippen MR) is 123 cm³/mol. The summed E-state index contributed by atoms with van der Waals surface area (Å²) in [4.78, 5) is -0.803. The third kappa shape index (κ3) is 3.22. The summed E-state index contributed by atoms with van der Waals surface area (Å²) in [7, 11) is 0. The summed E-state index contributed by atoms with van der Waals surface area (Å²) in [5.74, 6) is 0.884. The smallest absolute Gasteiger partial charge is 0.103 e. The summed E-state index contributed by atoms with van der Waals surface area (Å²) >= 11 is 14.1. The maximum Gasteiger partial charge on any atom is 0.121 e. The van der Waals surface area contributed by atoms with Crippen molar-refractivity contribution in [2.24, 2.45) is 5.92 Å². The van der Waals surface area contributed by atoms with Gasteiger partial charge in [0.25, 0.3) is 0 Å². The van der Waals surface area contributed by atoms with Crippen LogP contribution in [0.5, 0.6) is 0 Å². The molecule has 0 N–H and O–H groups in total. The number of benzene rings is 3. The second-order valence-corrected chi connectivity index (χ2v) is 9.71. The first-order valence-corrected chi connectivity index (χ1v) is 11.5. The van der Waals surface area contributed by atoms with Gasteiger partial charge in [-0.2, -0.15) is 0 Å². The minimum absolute atomic E-state index is 0.432. The second-order valence-electron chi connectivity index (χ2n) is 8.74. The lowest BCUT2D eigenvalue weighted by molar-refractivity contribution is 0.562. The Hall–Kier alpha value is -1.76. The summed E-state index contributed by atoms with van der Waals surface area (Å²) in [5, 5.41) is 0.694. The summed E-state index contributed by atoms with van der Waals surface area (Å²) in [6.07, 6.45) is 8.25. The summed E-state index contributed by atoms with van der Waals surface area (Å²) in [6.45, 7) is 0. The van der Waals surface area contributed by atoms with E-state index in [9.17, 15) is 0 Å². The highest BCUT2D eigenvalue weighted by Gasteiger charge is 2.54. The quantitative estimate of drug-likeness (QED) is 0.295. The molecule has 148 valence electrons. The Morgan fingerprint density at radius 1 is 0.759 bits per heavy atom. The van der Waals surface area contributed by atoms with E-state index in [4.69, 9.17) is 23.2 Å². The molecule has 0 nitrogen and oxygen atoms in total. The molecule has 3 aromatic rings. The third-order valence-electron chi connectivity index (χ3n) is 7.18. The van der Waals surface area contributed by atoms with Gasteiger partial charge >= 0.3 is 0 Å². The number of alkyl halides is 1. The van der Waals surface area contributed by atoms with E-state index in [1.54, 1.807) is 0 Å². The van der Waals surface area contributed by atoms with E-state index in [1.807, 2.05) is 42.5 Å². The van der Waals surface area contributed by atoms with E-state index in [0.717, 1.165) is 22.6 Å². The molecule has 0 amide bonds. The van der Waals surface area contributed by atoms with E-state index < -0.39 is 4.87 Å². The van der Waals surface area contributed by atoms with Crippen LogP contribution in [-0.4, -0.2) is 0 Å². The van der Waals surface area contributed by atoms with Crippen molar-refractivity contribution in [3.8, 4) is 0 Å². The lowest BCUT2D eigenvalue weighted by atomic mass is 9.82. The van der Waals surface area contributed by atoms with Crippen LogP contribution in [0, 0.1) is 5.92 Å². The molecule has 0 radical (unpaired) electrons. The van der Waals surface area contributed by atoms with Gasteiger partial charge in [-0.25, -0.2) is 0 Å². The Morgan fingerprint density at radius 3 is 2.21 bits per heavy atom. The first-order chi connectivity index (χ1) is 14.1. The first-order valence-electron chi connectivity index (χ1n) is 10.7. The van der Waals surface area contributed by atoms with Crippen LogP contribution in [0.1, 0.15) is 60.8 Å². The molecule has 3 unspecified atom stereocenters. The monoisotopic (exact) mass is 420 g/mol. The zero-order valence-corrected chi connectivity index (χ0v) is 18.1. The van der Waals surface area contributed by atoms with Crippen LogP contribution < -0.4 is 0 Å². The van der Waals surface area contributed by atoms with Gasteiger partial charge < -0.3 is 0 Å². The maximum atomic E-state index is 7.45. The van der Waals surface area contributed by atoms with Crippen molar-refractivity contribution in [2.45, 2.75) is 48.8 Å². The topological polar surface area (TPSA) is 0 Å². The first kappa shape index (κ1) is 19.2. The van der Waals surface area contributed by atoms with Gasteiger partial charge in [0.15, 0.2) is 0 Å². The van der Waals surface area contributed by atoms with E-state index in [1.165, 1.54) is 44.1 Å². The fourth-order valence-corrected chi connectivity index (χ4v) is 6.23. The summed E-state index contributed by atoms with van der Waals surface area (Å²) in [6, 6.07) is 27.3. The molecule has 0 heterocycles. The third-order valence-corrected chi connectivity index (χ3v) is 8.15. The van der Waals surface area contributed by atoms with Crippen LogP contribution in [0.15, 0.2) is 78.9 Å². The fourth-order valence-electron chi connectivity index (χ4n) is 5.49. The van der Waals surface area contributed by atoms with Crippen molar-refractivity contribution in [1.29, 1.82) is 0 Å². The molecule has 2 aliphatic carbocycles. The summed E-state index contributed by atoms with van der Waals surface area (Å²) < 4.78 is 0. The largest absolute Gasteiger partial charge is 0.121 e. The average molecular weight is 421 g/mol. The minimum atomic E-state index is -0.803. The van der Waals surface area contributed by atoms with E-state index in [2.05, 4.69) is 36.4 Å². The highest BCUT2D eigenvalue weighted by molar-refractivity contribution is 6.34. The molecular formula is C27H26Cl2. The van der Waals surface area contributed by atoms with Gasteiger partial charge in [-0.3, -0.25) is 0 Å². The number of hydrogen-bond acceptors (Lipinski definition) is 0. The molecular weight excluding hydrogens is 395 g/mol. The zero-order valence-electron chi connectivity index (χ0n) is 16.6. The van der Waals surface area contributed by atoms with Crippen molar-refractivity contribution in [1.82, 2.24) is 0 Å². The Morgan fingerprint density at radius 2 is 1.45 bits per heavy atom. The van der Waals surface area contributed by atoms with Gasteiger partial charge in [0.05, 0.1) is 0 Å². The molecule has 3 atom stereocenters. The van der Waals surface area contributed by atoms with E-state index in [-0.39, 0.29) is 0 Å². The molecule has 5 rings (SSSR count). The van der Waals surface area contributed by atoms with Gasteiger partial charge in [-0.1, -0.05) is 104 Å². The summed E-state index contributed by atoms with van der Waals surface area (Å²) in [5.41, 5.74) is 4.98. The van der Waals surface area contributed by atoms with Crippen LogP contribution in [-0.2, 0) is 10.3 Å². The lowest BCUT2D eigenvalue weighted by Gasteiger charge is -2.30. The van der Waals surface area contributed by atoms with Gasteiger partial charge in [0.1, 0.15) is 4.87 Å². The van der Waals surface area contributed by atoms with Gasteiger partial charge in [-0.05, 0) is 53.4 Å². The Balaban J connectivity index is 1.58. The highest BCUT2D eigenvalue weighted by Crippen LogP contribution is 2.61. The molecule has 3 aromatic carbocycles. The van der Waals surface area contributed by atoms with Crippen LogP contribution in [0.25, 0.3) is 0 Å². The van der Waals surface area contributed by atoms with Crippen molar-refractivity contribution in [2.75, 3.05) is 0 Å².